The minimum Gasteiger partial charge on any atom is -0.310 e. The summed E-state index contributed by atoms with van der Waals surface area (Å²) in [5.74, 6) is 0. The third kappa shape index (κ3) is 4.29. The van der Waals surface area contributed by atoms with Crippen molar-refractivity contribution in [2.24, 2.45) is 7.05 Å². The zero-order chi connectivity index (χ0) is 15.4. The van der Waals surface area contributed by atoms with Crippen molar-refractivity contribution < 1.29 is 0 Å². The first-order valence-corrected chi connectivity index (χ1v) is 9.07. The number of rotatable bonds is 6. The molecule has 0 aliphatic carbocycles. The second-order valence-corrected chi connectivity index (χ2v) is 7.27. The summed E-state index contributed by atoms with van der Waals surface area (Å²) >= 11 is 6.01. The largest absolute Gasteiger partial charge is 0.310 e. The third-order valence-electron chi connectivity index (χ3n) is 3.57. The first kappa shape index (κ1) is 17.0. The van der Waals surface area contributed by atoms with Crippen LogP contribution in [0.4, 0.5) is 0 Å². The highest BCUT2D eigenvalue weighted by Gasteiger charge is 2.17. The molecule has 0 saturated heterocycles. The fourth-order valence-corrected chi connectivity index (χ4v) is 3.27. The number of aryl methyl sites for hydroxylation is 2. The van der Waals surface area contributed by atoms with E-state index >= 15 is 0 Å². The maximum Gasteiger partial charge on any atom is 0.0738 e. The molecule has 1 unspecified atom stereocenters. The van der Waals surface area contributed by atoms with Crippen LogP contribution in [0.5, 0.6) is 0 Å². The van der Waals surface area contributed by atoms with Crippen LogP contribution in [0.15, 0.2) is 28.7 Å². The van der Waals surface area contributed by atoms with Gasteiger partial charge in [-0.15, -0.1) is 0 Å². The fourth-order valence-electron chi connectivity index (χ4n) is 2.42. The van der Waals surface area contributed by atoms with E-state index in [1.165, 1.54) is 14.8 Å². The van der Waals surface area contributed by atoms with Gasteiger partial charge < -0.3 is 5.32 Å². The first-order chi connectivity index (χ1) is 10.0. The molecular weight excluding hydrogens is 441 g/mol. The van der Waals surface area contributed by atoms with Gasteiger partial charge in [0.25, 0.3) is 0 Å². The van der Waals surface area contributed by atoms with E-state index in [4.69, 9.17) is 0 Å². The lowest BCUT2D eigenvalue weighted by atomic mass is 10.0. The van der Waals surface area contributed by atoms with Gasteiger partial charge in [0, 0.05) is 23.1 Å². The van der Waals surface area contributed by atoms with Gasteiger partial charge >= 0.3 is 0 Å². The Labute approximate surface area is 148 Å². The monoisotopic (exact) mass is 461 g/mol. The van der Waals surface area contributed by atoms with Crippen molar-refractivity contribution in [2.75, 3.05) is 6.54 Å². The van der Waals surface area contributed by atoms with Gasteiger partial charge in [0.1, 0.15) is 0 Å². The molecule has 5 heteroatoms. The zero-order valence-electron chi connectivity index (χ0n) is 12.7. The molecule has 0 amide bonds. The fraction of sp³-hybridized carbons (Fsp3) is 0.438. The number of aromatic nitrogens is 2. The van der Waals surface area contributed by atoms with Gasteiger partial charge in [-0.2, -0.15) is 5.10 Å². The SMILES string of the molecule is CCCNC(Cc1c(Br)c(C)nn1C)c1ccc(I)cc1. The predicted molar refractivity (Wildman–Crippen MR) is 99.5 cm³/mol. The van der Waals surface area contributed by atoms with Crippen LogP contribution in [0.2, 0.25) is 0 Å². The number of hydrogen-bond donors (Lipinski definition) is 1. The smallest absolute Gasteiger partial charge is 0.0738 e. The van der Waals surface area contributed by atoms with Gasteiger partial charge in [0.05, 0.1) is 15.9 Å². The van der Waals surface area contributed by atoms with Crippen LogP contribution < -0.4 is 5.32 Å². The second-order valence-electron chi connectivity index (χ2n) is 5.23. The van der Waals surface area contributed by atoms with Gasteiger partial charge in [-0.3, -0.25) is 4.68 Å². The lowest BCUT2D eigenvalue weighted by Crippen LogP contribution is -2.25. The van der Waals surface area contributed by atoms with Crippen LogP contribution in [0, 0.1) is 10.5 Å². The zero-order valence-corrected chi connectivity index (χ0v) is 16.4. The van der Waals surface area contributed by atoms with Crippen molar-refractivity contribution >= 4 is 38.5 Å². The van der Waals surface area contributed by atoms with Crippen LogP contribution in [0.3, 0.4) is 0 Å². The number of benzene rings is 1. The average molecular weight is 462 g/mol. The molecule has 0 fully saturated rings. The highest BCUT2D eigenvalue weighted by molar-refractivity contribution is 14.1. The quantitative estimate of drug-likeness (QED) is 0.647. The number of nitrogens with one attached hydrogen (secondary N) is 1. The molecule has 0 bridgehead atoms. The van der Waals surface area contributed by atoms with Crippen LogP contribution in [-0.4, -0.2) is 16.3 Å². The molecule has 1 aromatic heterocycles. The van der Waals surface area contributed by atoms with Crippen molar-refractivity contribution in [3.05, 3.63) is 49.3 Å². The first-order valence-electron chi connectivity index (χ1n) is 7.19. The molecule has 0 aliphatic heterocycles. The van der Waals surface area contributed by atoms with Gasteiger partial charge in [-0.1, -0.05) is 19.1 Å². The van der Waals surface area contributed by atoms with E-state index in [9.17, 15) is 0 Å². The summed E-state index contributed by atoms with van der Waals surface area (Å²) in [6.45, 7) is 5.25. The summed E-state index contributed by atoms with van der Waals surface area (Å²) < 4.78 is 4.37. The maximum atomic E-state index is 4.49. The molecule has 3 nitrogen and oxygen atoms in total. The number of nitrogens with zero attached hydrogens (tertiary/aromatic N) is 2. The molecule has 1 heterocycles. The summed E-state index contributed by atoms with van der Waals surface area (Å²) in [7, 11) is 2.01. The van der Waals surface area contributed by atoms with E-state index in [1.807, 2.05) is 18.7 Å². The Morgan fingerprint density at radius 3 is 2.52 bits per heavy atom. The molecule has 0 spiro atoms. The van der Waals surface area contributed by atoms with E-state index < -0.39 is 0 Å². The molecule has 0 saturated carbocycles. The van der Waals surface area contributed by atoms with E-state index in [0.717, 1.165) is 29.6 Å². The van der Waals surface area contributed by atoms with Crippen LogP contribution in [-0.2, 0) is 13.5 Å². The Kier molecular flexibility index (Phi) is 6.25. The highest BCUT2D eigenvalue weighted by Crippen LogP contribution is 2.26. The predicted octanol–water partition coefficient (Wildman–Crippen LogP) is 4.38. The normalized spacial score (nSPS) is 12.6. The molecule has 21 heavy (non-hydrogen) atoms. The van der Waals surface area contributed by atoms with Crippen LogP contribution in [0.25, 0.3) is 0 Å². The summed E-state index contributed by atoms with van der Waals surface area (Å²) in [6.07, 6.45) is 2.06. The third-order valence-corrected chi connectivity index (χ3v) is 5.32. The van der Waals surface area contributed by atoms with Crippen molar-refractivity contribution in [3.8, 4) is 0 Å². The Balaban J connectivity index is 2.25. The maximum absolute atomic E-state index is 4.49. The summed E-state index contributed by atoms with van der Waals surface area (Å²) in [5.41, 5.74) is 3.61. The molecule has 0 aliphatic rings. The van der Waals surface area contributed by atoms with Crippen molar-refractivity contribution in [3.63, 3.8) is 0 Å². The molecule has 1 atom stereocenters. The molecule has 1 aromatic carbocycles. The Bertz CT molecular complexity index is 592. The van der Waals surface area contributed by atoms with E-state index in [-0.39, 0.29) is 0 Å². The topological polar surface area (TPSA) is 29.9 Å². The van der Waals surface area contributed by atoms with E-state index in [2.05, 4.69) is 80.1 Å². The lowest BCUT2D eigenvalue weighted by Gasteiger charge is -2.19. The molecule has 0 radical (unpaired) electrons. The van der Waals surface area contributed by atoms with E-state index in [1.54, 1.807) is 0 Å². The number of halogens is 2. The Hall–Kier alpha value is -0.400. The molecule has 114 valence electrons. The van der Waals surface area contributed by atoms with E-state index in [0.29, 0.717) is 6.04 Å². The minimum atomic E-state index is 0.313. The number of hydrogen-bond acceptors (Lipinski definition) is 2. The molecule has 1 N–H and O–H groups in total. The molecule has 2 rings (SSSR count). The average Bonchev–Trinajstić information content (AvgIpc) is 2.70. The van der Waals surface area contributed by atoms with Gasteiger partial charge in [0.2, 0.25) is 0 Å². The van der Waals surface area contributed by atoms with Gasteiger partial charge in [0.15, 0.2) is 0 Å². The van der Waals surface area contributed by atoms with Crippen molar-refractivity contribution in [1.82, 2.24) is 15.1 Å². The summed E-state index contributed by atoms with van der Waals surface area (Å²) in [4.78, 5) is 0. The highest BCUT2D eigenvalue weighted by atomic mass is 127. The van der Waals surface area contributed by atoms with Crippen LogP contribution >= 0.6 is 38.5 Å². The summed E-state index contributed by atoms with van der Waals surface area (Å²) in [5, 5.41) is 8.15. The van der Waals surface area contributed by atoms with Crippen molar-refractivity contribution in [1.29, 1.82) is 0 Å². The summed E-state index contributed by atoms with van der Waals surface area (Å²) in [6, 6.07) is 9.08. The Morgan fingerprint density at radius 2 is 2.00 bits per heavy atom. The molecular formula is C16H21BrIN3. The van der Waals surface area contributed by atoms with Gasteiger partial charge in [-0.05, 0) is 76.1 Å². The standard InChI is InChI=1S/C16H21BrIN3/c1-4-9-19-14(12-5-7-13(18)8-6-12)10-15-16(17)11(2)20-21(15)3/h5-8,14,19H,4,9-10H2,1-3H3. The second kappa shape index (κ2) is 7.74. The van der Waals surface area contributed by atoms with Crippen LogP contribution in [0.1, 0.15) is 36.3 Å². The Morgan fingerprint density at radius 1 is 1.33 bits per heavy atom. The minimum absolute atomic E-state index is 0.313. The lowest BCUT2D eigenvalue weighted by molar-refractivity contribution is 0.511. The molecule has 2 aromatic rings. The van der Waals surface area contributed by atoms with Gasteiger partial charge in [-0.25, -0.2) is 0 Å². The van der Waals surface area contributed by atoms with Crippen molar-refractivity contribution in [2.45, 2.75) is 32.7 Å².